The van der Waals surface area contributed by atoms with Crippen LogP contribution in [-0.4, -0.2) is 29.6 Å². The van der Waals surface area contributed by atoms with Crippen molar-refractivity contribution in [2.45, 2.75) is 19.8 Å². The van der Waals surface area contributed by atoms with Gasteiger partial charge in [0.25, 0.3) is 0 Å². The van der Waals surface area contributed by atoms with Crippen molar-refractivity contribution in [3.8, 4) is 11.8 Å². The molecule has 1 aromatic rings. The Morgan fingerprint density at radius 2 is 2.05 bits per heavy atom. The molecule has 0 unspecified atom stereocenters. The molecule has 0 radical (unpaired) electrons. The SMILES string of the molecule is CCC#CCN1CC(=O)CC(c2ccc(Cl)cc2)=N1. The Bertz CT molecular complexity index is 552. The van der Waals surface area contributed by atoms with E-state index in [-0.39, 0.29) is 5.78 Å². The molecule has 0 aromatic heterocycles. The molecular weight excluding hydrogens is 260 g/mol. The van der Waals surface area contributed by atoms with Gasteiger partial charge in [-0.1, -0.05) is 36.6 Å². The first-order chi connectivity index (χ1) is 9.19. The number of hydrogen-bond donors (Lipinski definition) is 0. The van der Waals surface area contributed by atoms with Crippen LogP contribution in [0.25, 0.3) is 0 Å². The van der Waals surface area contributed by atoms with Gasteiger partial charge in [-0.05, 0) is 17.7 Å². The van der Waals surface area contributed by atoms with E-state index >= 15 is 0 Å². The summed E-state index contributed by atoms with van der Waals surface area (Å²) in [5.41, 5.74) is 1.72. The highest BCUT2D eigenvalue weighted by atomic mass is 35.5. The van der Waals surface area contributed by atoms with Gasteiger partial charge in [0.15, 0.2) is 5.78 Å². The van der Waals surface area contributed by atoms with E-state index in [1.165, 1.54) is 0 Å². The second kappa shape index (κ2) is 6.40. The van der Waals surface area contributed by atoms with Crippen molar-refractivity contribution in [1.29, 1.82) is 0 Å². The molecule has 98 valence electrons. The summed E-state index contributed by atoms with van der Waals surface area (Å²) in [5, 5.41) is 6.89. The van der Waals surface area contributed by atoms with Crippen LogP contribution in [0, 0.1) is 11.8 Å². The predicted molar refractivity (Wildman–Crippen MR) is 77.3 cm³/mol. The first-order valence-electron chi connectivity index (χ1n) is 6.25. The zero-order valence-corrected chi connectivity index (χ0v) is 11.6. The smallest absolute Gasteiger partial charge is 0.159 e. The summed E-state index contributed by atoms with van der Waals surface area (Å²) in [7, 11) is 0. The molecule has 0 atom stereocenters. The average molecular weight is 275 g/mol. The summed E-state index contributed by atoms with van der Waals surface area (Å²) < 4.78 is 0. The monoisotopic (exact) mass is 274 g/mol. The Morgan fingerprint density at radius 3 is 2.74 bits per heavy atom. The Balaban J connectivity index is 2.18. The average Bonchev–Trinajstić information content (AvgIpc) is 2.39. The fourth-order valence-corrected chi connectivity index (χ4v) is 1.98. The van der Waals surface area contributed by atoms with E-state index in [0.29, 0.717) is 24.5 Å². The second-order valence-corrected chi connectivity index (χ2v) is 4.74. The number of nitrogens with zero attached hydrogens (tertiary/aromatic N) is 2. The number of ketones is 1. The molecule has 1 aliphatic heterocycles. The molecule has 2 rings (SSSR count). The van der Waals surface area contributed by atoms with Gasteiger partial charge in [0, 0.05) is 11.4 Å². The van der Waals surface area contributed by atoms with Crippen molar-refractivity contribution < 1.29 is 4.79 Å². The molecule has 0 aliphatic carbocycles. The molecule has 1 heterocycles. The molecule has 4 heteroatoms. The van der Waals surface area contributed by atoms with Gasteiger partial charge in [0.1, 0.15) is 0 Å². The third kappa shape index (κ3) is 3.84. The molecule has 3 nitrogen and oxygen atoms in total. The van der Waals surface area contributed by atoms with Crippen LogP contribution in [0.5, 0.6) is 0 Å². The van der Waals surface area contributed by atoms with Crippen LogP contribution in [0.15, 0.2) is 29.4 Å². The lowest BCUT2D eigenvalue weighted by atomic mass is 10.0. The highest BCUT2D eigenvalue weighted by Gasteiger charge is 2.19. The number of hydrogen-bond acceptors (Lipinski definition) is 3. The largest absolute Gasteiger partial charge is 0.297 e. The lowest BCUT2D eigenvalue weighted by Gasteiger charge is -2.22. The van der Waals surface area contributed by atoms with E-state index in [0.717, 1.165) is 17.7 Å². The molecular formula is C15H15ClN2O. The van der Waals surface area contributed by atoms with Gasteiger partial charge in [-0.25, -0.2) is 0 Å². The number of Topliss-reactive ketones (excluding diaryl/α,β-unsaturated/α-hetero) is 1. The number of carbonyl (C=O) groups excluding carboxylic acids is 1. The van der Waals surface area contributed by atoms with Crippen LogP contribution in [0.4, 0.5) is 0 Å². The van der Waals surface area contributed by atoms with Gasteiger partial charge in [0.2, 0.25) is 0 Å². The molecule has 0 bridgehead atoms. The minimum Gasteiger partial charge on any atom is -0.297 e. The topological polar surface area (TPSA) is 32.7 Å². The standard InChI is InChI=1S/C15H15ClN2O/c1-2-3-4-9-18-11-14(19)10-15(17-18)12-5-7-13(16)8-6-12/h5-8H,2,9-11H2,1H3. The Labute approximate surface area is 118 Å². The molecule has 0 amide bonds. The van der Waals surface area contributed by atoms with E-state index in [4.69, 9.17) is 11.6 Å². The van der Waals surface area contributed by atoms with Crippen molar-refractivity contribution in [2.75, 3.05) is 13.1 Å². The van der Waals surface area contributed by atoms with Crippen molar-refractivity contribution in [3.05, 3.63) is 34.9 Å². The number of carbonyl (C=O) groups is 1. The van der Waals surface area contributed by atoms with Crippen molar-refractivity contribution in [3.63, 3.8) is 0 Å². The quantitative estimate of drug-likeness (QED) is 0.777. The number of halogens is 1. The Kier molecular flexibility index (Phi) is 4.59. The fraction of sp³-hybridized carbons (Fsp3) is 0.333. The highest BCUT2D eigenvalue weighted by molar-refractivity contribution is 6.30. The van der Waals surface area contributed by atoms with Crippen LogP contribution < -0.4 is 0 Å². The lowest BCUT2D eigenvalue weighted by Crippen LogP contribution is -2.33. The molecule has 0 N–H and O–H groups in total. The van der Waals surface area contributed by atoms with Crippen LogP contribution >= 0.6 is 11.6 Å². The molecule has 19 heavy (non-hydrogen) atoms. The van der Waals surface area contributed by atoms with Crippen LogP contribution in [0.1, 0.15) is 25.3 Å². The summed E-state index contributed by atoms with van der Waals surface area (Å²) in [4.78, 5) is 11.8. The molecule has 1 aromatic carbocycles. The summed E-state index contributed by atoms with van der Waals surface area (Å²) in [6.45, 7) is 2.84. The third-order valence-electron chi connectivity index (χ3n) is 2.73. The number of rotatable bonds is 2. The van der Waals surface area contributed by atoms with Gasteiger partial charge in [-0.15, -0.1) is 5.92 Å². The van der Waals surface area contributed by atoms with E-state index in [2.05, 4.69) is 16.9 Å². The lowest BCUT2D eigenvalue weighted by molar-refractivity contribution is -0.119. The van der Waals surface area contributed by atoms with E-state index in [1.807, 2.05) is 19.1 Å². The molecule has 0 saturated heterocycles. The predicted octanol–water partition coefficient (Wildman–Crippen LogP) is 2.73. The maximum absolute atomic E-state index is 11.8. The summed E-state index contributed by atoms with van der Waals surface area (Å²) in [6, 6.07) is 7.38. The molecule has 0 spiro atoms. The summed E-state index contributed by atoms with van der Waals surface area (Å²) in [5.74, 6) is 6.15. The summed E-state index contributed by atoms with van der Waals surface area (Å²) >= 11 is 5.86. The van der Waals surface area contributed by atoms with E-state index in [9.17, 15) is 4.79 Å². The summed E-state index contributed by atoms with van der Waals surface area (Å²) in [6.07, 6.45) is 1.19. The van der Waals surface area contributed by atoms with Crippen molar-refractivity contribution >= 4 is 23.1 Å². The molecule has 0 saturated carbocycles. The Hall–Kier alpha value is -1.79. The first-order valence-corrected chi connectivity index (χ1v) is 6.62. The van der Waals surface area contributed by atoms with Gasteiger partial charge in [0.05, 0.1) is 25.2 Å². The van der Waals surface area contributed by atoms with Crippen LogP contribution in [0.3, 0.4) is 0 Å². The Morgan fingerprint density at radius 1 is 1.32 bits per heavy atom. The maximum Gasteiger partial charge on any atom is 0.159 e. The minimum atomic E-state index is 0.165. The van der Waals surface area contributed by atoms with E-state index in [1.54, 1.807) is 17.1 Å². The molecule has 0 fully saturated rings. The minimum absolute atomic E-state index is 0.165. The van der Waals surface area contributed by atoms with Gasteiger partial charge >= 0.3 is 0 Å². The normalized spacial score (nSPS) is 14.7. The van der Waals surface area contributed by atoms with Crippen molar-refractivity contribution in [1.82, 2.24) is 5.01 Å². The maximum atomic E-state index is 11.8. The van der Waals surface area contributed by atoms with E-state index < -0.39 is 0 Å². The fourth-order valence-electron chi connectivity index (χ4n) is 1.85. The zero-order valence-electron chi connectivity index (χ0n) is 10.8. The van der Waals surface area contributed by atoms with Gasteiger partial charge in [-0.2, -0.15) is 5.10 Å². The van der Waals surface area contributed by atoms with Crippen LogP contribution in [-0.2, 0) is 4.79 Å². The van der Waals surface area contributed by atoms with Crippen LogP contribution in [0.2, 0.25) is 5.02 Å². The zero-order chi connectivity index (χ0) is 13.7. The second-order valence-electron chi connectivity index (χ2n) is 4.30. The number of benzene rings is 1. The number of hydrazone groups is 1. The third-order valence-corrected chi connectivity index (χ3v) is 2.98. The first kappa shape index (κ1) is 13.6. The molecule has 1 aliphatic rings. The van der Waals surface area contributed by atoms with Gasteiger partial charge < -0.3 is 0 Å². The van der Waals surface area contributed by atoms with Gasteiger partial charge in [-0.3, -0.25) is 9.80 Å². The highest BCUT2D eigenvalue weighted by Crippen LogP contribution is 2.15. The van der Waals surface area contributed by atoms with Crippen molar-refractivity contribution in [2.24, 2.45) is 5.10 Å².